The molecule has 0 amide bonds. The molecule has 8 aromatic rings. The second kappa shape index (κ2) is 15.1. The average Bonchev–Trinajstić information content (AvgIpc) is 4.10. The summed E-state index contributed by atoms with van der Waals surface area (Å²) < 4.78 is 0. The molecule has 0 saturated heterocycles. The highest BCUT2D eigenvalue weighted by molar-refractivity contribution is 5.81. The molecule has 6 atom stereocenters. The third-order valence-corrected chi connectivity index (χ3v) is 19.5. The lowest BCUT2D eigenvalue weighted by atomic mass is 9.47. The molecule has 5 fully saturated rings. The fraction of sp³-hybridized carbons (Fsp3) is 0.294. The van der Waals surface area contributed by atoms with E-state index in [4.69, 9.17) is 0 Å². The zero-order chi connectivity index (χ0) is 44.6. The molecule has 0 N–H and O–H groups in total. The molecule has 16 rings (SSSR count). The first-order valence-electron chi connectivity index (χ1n) is 26.4. The Balaban J connectivity index is 0.943. The van der Waals surface area contributed by atoms with Crippen LogP contribution < -0.4 is 0 Å². The summed E-state index contributed by atoms with van der Waals surface area (Å²) in [4.78, 5) is 0. The van der Waals surface area contributed by atoms with Crippen LogP contribution in [0.1, 0.15) is 147 Å². The largest absolute Gasteiger partial charge is 0.0622 e. The van der Waals surface area contributed by atoms with Gasteiger partial charge in [-0.1, -0.05) is 194 Å². The normalized spacial score (nSPS) is 28.3. The molecule has 8 aromatic carbocycles. The Morgan fingerprint density at radius 3 is 1.56 bits per heavy atom. The van der Waals surface area contributed by atoms with Gasteiger partial charge in [-0.25, -0.2) is 0 Å². The highest BCUT2D eigenvalue weighted by atomic mass is 14.6. The van der Waals surface area contributed by atoms with Crippen LogP contribution in [0.25, 0.3) is 11.1 Å². The lowest BCUT2D eigenvalue weighted by molar-refractivity contribution is -0.00561. The fourth-order valence-corrected chi connectivity index (χ4v) is 17.7. The summed E-state index contributed by atoms with van der Waals surface area (Å²) >= 11 is 0. The fourth-order valence-electron chi connectivity index (χ4n) is 17.7. The molecule has 5 saturated carbocycles. The van der Waals surface area contributed by atoms with Crippen molar-refractivity contribution < 1.29 is 0 Å². The Hall–Kier alpha value is -6.24. The summed E-state index contributed by atoms with van der Waals surface area (Å²) in [7, 11) is 0. The number of rotatable bonds is 8. The van der Waals surface area contributed by atoms with Crippen LogP contribution in [-0.2, 0) is 23.7 Å². The van der Waals surface area contributed by atoms with Crippen LogP contribution in [0.2, 0.25) is 0 Å². The summed E-state index contributed by atoms with van der Waals surface area (Å²) in [6.07, 6.45) is 13.5. The summed E-state index contributed by atoms with van der Waals surface area (Å²) in [6.45, 7) is 0. The molecule has 8 aliphatic rings. The minimum Gasteiger partial charge on any atom is -0.0622 e. The van der Waals surface area contributed by atoms with Crippen molar-refractivity contribution in [1.82, 2.24) is 0 Å². The van der Waals surface area contributed by atoms with Gasteiger partial charge in [0.1, 0.15) is 0 Å². The van der Waals surface area contributed by atoms with Gasteiger partial charge in [0, 0.05) is 23.2 Å². The molecule has 1 spiro atoms. The van der Waals surface area contributed by atoms with Crippen molar-refractivity contribution in [3.63, 3.8) is 0 Å². The van der Waals surface area contributed by atoms with Crippen LogP contribution in [0.4, 0.5) is 0 Å². The number of benzene rings is 8. The van der Waals surface area contributed by atoms with E-state index in [9.17, 15) is 0 Å². The van der Waals surface area contributed by atoms with E-state index in [1.165, 1.54) is 114 Å². The predicted molar refractivity (Wildman–Crippen MR) is 278 cm³/mol. The van der Waals surface area contributed by atoms with Gasteiger partial charge in [-0.2, -0.15) is 0 Å². The monoisotopic (exact) mass is 876 g/mol. The molecular weight excluding hydrogens is 817 g/mol. The molecule has 8 aliphatic carbocycles. The first-order valence-corrected chi connectivity index (χ1v) is 26.4. The third-order valence-electron chi connectivity index (χ3n) is 19.5. The van der Waals surface area contributed by atoms with Gasteiger partial charge in [-0.3, -0.25) is 0 Å². The number of hydrogen-bond donors (Lipinski definition) is 0. The molecule has 0 heteroatoms. The average molecular weight is 877 g/mol. The van der Waals surface area contributed by atoms with E-state index in [0.29, 0.717) is 17.3 Å². The standard InChI is InChI=1S/C68H60/c1-4-16-46(17-5-1)62(49-30-33-55-54-24-10-11-25-56(54)63(60(55)39-49)47-18-6-2-7-19-47)58-27-14-22-50-37-52-31-32-53-38-51-23-15-28-59(66(51)68(52,53)65(50)58)64(48-20-8-3-9-21-48)57-26-12-13-29-61(57)67-40-43-34-44(41-67)36-45(35-43)42-67/h1-30,33,39,43-45,52-53,62-64H,31-32,34-38,40-42H2. The van der Waals surface area contributed by atoms with Gasteiger partial charge in [-0.15, -0.1) is 0 Å². The Kier molecular flexibility index (Phi) is 8.84. The highest BCUT2D eigenvalue weighted by Gasteiger charge is 2.62. The molecule has 0 aliphatic heterocycles. The van der Waals surface area contributed by atoms with Crippen LogP contribution in [0.5, 0.6) is 0 Å². The van der Waals surface area contributed by atoms with Crippen LogP contribution >= 0.6 is 0 Å². The maximum atomic E-state index is 2.63. The zero-order valence-electron chi connectivity index (χ0n) is 39.2. The van der Waals surface area contributed by atoms with E-state index in [2.05, 4.69) is 194 Å². The van der Waals surface area contributed by atoms with E-state index in [-0.39, 0.29) is 23.2 Å². The van der Waals surface area contributed by atoms with Gasteiger partial charge in [0.05, 0.1) is 0 Å². The van der Waals surface area contributed by atoms with Crippen LogP contribution in [0.15, 0.2) is 194 Å². The predicted octanol–water partition coefficient (Wildman–Crippen LogP) is 16.1. The molecule has 332 valence electrons. The Labute approximate surface area is 403 Å². The van der Waals surface area contributed by atoms with Crippen LogP contribution in [0.3, 0.4) is 0 Å². The zero-order valence-corrected chi connectivity index (χ0v) is 39.2. The first-order chi connectivity index (χ1) is 33.6. The highest BCUT2D eigenvalue weighted by Crippen LogP contribution is 2.68. The smallest absolute Gasteiger partial charge is 0.0352 e. The lowest BCUT2D eigenvalue weighted by Gasteiger charge is -2.57. The minimum atomic E-state index is -0.0346. The van der Waals surface area contributed by atoms with E-state index in [1.54, 1.807) is 38.9 Å². The van der Waals surface area contributed by atoms with Crippen LogP contribution in [-0.4, -0.2) is 0 Å². The minimum absolute atomic E-state index is 0.0346. The molecule has 0 heterocycles. The third kappa shape index (κ3) is 5.67. The van der Waals surface area contributed by atoms with Crippen molar-refractivity contribution in [3.05, 3.63) is 272 Å². The van der Waals surface area contributed by atoms with Crippen molar-refractivity contribution >= 4 is 0 Å². The molecule has 0 radical (unpaired) electrons. The lowest BCUT2D eigenvalue weighted by Crippen LogP contribution is -2.49. The van der Waals surface area contributed by atoms with E-state index in [1.807, 2.05) is 0 Å². The van der Waals surface area contributed by atoms with E-state index < -0.39 is 0 Å². The maximum absolute atomic E-state index is 2.63. The first kappa shape index (κ1) is 39.7. The second-order valence-electron chi connectivity index (χ2n) is 22.8. The Bertz CT molecular complexity index is 3200. The molecule has 68 heavy (non-hydrogen) atoms. The summed E-state index contributed by atoms with van der Waals surface area (Å²) in [5.41, 5.74) is 24.5. The molecule has 4 bridgehead atoms. The van der Waals surface area contributed by atoms with E-state index >= 15 is 0 Å². The van der Waals surface area contributed by atoms with Crippen molar-refractivity contribution in [2.75, 3.05) is 0 Å². The van der Waals surface area contributed by atoms with Crippen molar-refractivity contribution in [2.45, 2.75) is 92.8 Å². The number of fused-ring (bicyclic) bond motifs is 5. The Morgan fingerprint density at radius 2 is 0.912 bits per heavy atom. The number of hydrogen-bond acceptors (Lipinski definition) is 0. The van der Waals surface area contributed by atoms with E-state index in [0.717, 1.165) is 17.8 Å². The van der Waals surface area contributed by atoms with Gasteiger partial charge < -0.3 is 0 Å². The molecule has 0 nitrogen and oxygen atoms in total. The SMILES string of the molecule is c1ccc(C(c2ccc3c(c2)C(c2ccccc2)c2ccccc2-3)c2cccc3c2C24c5c(cccc5C(c5ccccc5)c5ccccc5C56CC7CC(CC(C7)C5)C6)CC2CCC4C3)cc1. The van der Waals surface area contributed by atoms with Gasteiger partial charge in [0.25, 0.3) is 0 Å². The van der Waals surface area contributed by atoms with Gasteiger partial charge in [0.15, 0.2) is 0 Å². The van der Waals surface area contributed by atoms with Gasteiger partial charge in [0.2, 0.25) is 0 Å². The molecule has 6 unspecified atom stereocenters. The summed E-state index contributed by atoms with van der Waals surface area (Å²) in [6, 6.07) is 76.4. The quantitative estimate of drug-likeness (QED) is 0.133. The van der Waals surface area contributed by atoms with Gasteiger partial charge in [-0.05, 0) is 188 Å². The van der Waals surface area contributed by atoms with Gasteiger partial charge >= 0.3 is 0 Å². The van der Waals surface area contributed by atoms with Crippen LogP contribution in [0, 0.1) is 29.6 Å². The molecule has 0 aromatic heterocycles. The maximum Gasteiger partial charge on any atom is 0.0352 e. The summed E-state index contributed by atoms with van der Waals surface area (Å²) in [5, 5.41) is 0. The Morgan fingerprint density at radius 1 is 0.397 bits per heavy atom. The van der Waals surface area contributed by atoms with Crippen molar-refractivity contribution in [3.8, 4) is 11.1 Å². The second-order valence-corrected chi connectivity index (χ2v) is 22.8. The van der Waals surface area contributed by atoms with Crippen molar-refractivity contribution in [1.29, 1.82) is 0 Å². The molecular formula is C68H60. The summed E-state index contributed by atoms with van der Waals surface area (Å²) in [5.74, 6) is 4.39. The van der Waals surface area contributed by atoms with Crippen molar-refractivity contribution in [2.24, 2.45) is 29.6 Å². The topological polar surface area (TPSA) is 0 Å².